The van der Waals surface area contributed by atoms with Crippen LogP contribution in [0.2, 0.25) is 0 Å². The van der Waals surface area contributed by atoms with E-state index in [4.69, 9.17) is 0 Å². The first-order valence-corrected chi connectivity index (χ1v) is 8.58. The van der Waals surface area contributed by atoms with Crippen molar-refractivity contribution in [3.05, 3.63) is 35.9 Å². The normalized spacial score (nSPS) is 36.8. The van der Waals surface area contributed by atoms with Gasteiger partial charge < -0.3 is 0 Å². The molecule has 0 amide bonds. The number of hydrogen-bond acceptors (Lipinski definition) is 2. The highest BCUT2D eigenvalue weighted by Gasteiger charge is 2.56. The van der Waals surface area contributed by atoms with Gasteiger partial charge in [-0.2, -0.15) is 10.5 Å². The fourth-order valence-electron chi connectivity index (χ4n) is 6.30. The van der Waals surface area contributed by atoms with Gasteiger partial charge in [0, 0.05) is 5.92 Å². The van der Waals surface area contributed by atoms with Crippen LogP contribution in [0.3, 0.4) is 0 Å². The first-order valence-electron chi connectivity index (χ1n) is 8.58. The Bertz CT molecular complexity index is 585. The van der Waals surface area contributed by atoms with Crippen LogP contribution in [0.25, 0.3) is 0 Å². The van der Waals surface area contributed by atoms with Crippen LogP contribution < -0.4 is 0 Å². The van der Waals surface area contributed by atoms with E-state index in [2.05, 4.69) is 36.4 Å². The third-order valence-corrected chi connectivity index (χ3v) is 6.52. The van der Waals surface area contributed by atoms with Crippen molar-refractivity contribution in [1.29, 1.82) is 10.5 Å². The fraction of sp³-hybridized carbons (Fsp3) is 0.600. The highest BCUT2D eigenvalue weighted by atomic mass is 14.6. The summed E-state index contributed by atoms with van der Waals surface area (Å²) in [7, 11) is 0. The topological polar surface area (TPSA) is 47.6 Å². The van der Waals surface area contributed by atoms with Crippen LogP contribution in [-0.2, 0) is 0 Å². The summed E-state index contributed by atoms with van der Waals surface area (Å²) in [6.45, 7) is 0. The second-order valence-electron chi connectivity index (χ2n) is 7.90. The van der Waals surface area contributed by atoms with E-state index in [1.54, 1.807) is 0 Å². The van der Waals surface area contributed by atoms with Crippen LogP contribution in [0, 0.1) is 51.7 Å². The van der Waals surface area contributed by atoms with Crippen LogP contribution in [0.4, 0.5) is 0 Å². The van der Waals surface area contributed by atoms with E-state index in [-0.39, 0.29) is 11.3 Å². The SMILES string of the molecule is N#CC(C#N)C(c1ccccc1)C12CC3CC(CC(C3)C1)C2. The lowest BCUT2D eigenvalue weighted by Crippen LogP contribution is -2.50. The van der Waals surface area contributed by atoms with Crippen molar-refractivity contribution in [3.63, 3.8) is 0 Å². The summed E-state index contributed by atoms with van der Waals surface area (Å²) in [4.78, 5) is 0. The molecule has 0 N–H and O–H groups in total. The molecule has 2 nitrogen and oxygen atoms in total. The van der Waals surface area contributed by atoms with Crippen LogP contribution in [0.5, 0.6) is 0 Å². The van der Waals surface area contributed by atoms with Gasteiger partial charge in [-0.1, -0.05) is 30.3 Å². The average Bonchev–Trinajstić information content (AvgIpc) is 2.51. The minimum atomic E-state index is -0.515. The molecule has 112 valence electrons. The quantitative estimate of drug-likeness (QED) is 0.813. The van der Waals surface area contributed by atoms with E-state index in [0.29, 0.717) is 0 Å². The number of rotatable bonds is 3. The Morgan fingerprint density at radius 1 is 0.864 bits per heavy atom. The molecule has 2 heteroatoms. The van der Waals surface area contributed by atoms with Gasteiger partial charge in [-0.3, -0.25) is 0 Å². The third kappa shape index (κ3) is 2.05. The van der Waals surface area contributed by atoms with Crippen molar-refractivity contribution < 1.29 is 0 Å². The van der Waals surface area contributed by atoms with Crippen molar-refractivity contribution in [1.82, 2.24) is 0 Å². The summed E-state index contributed by atoms with van der Waals surface area (Å²) in [5.74, 6) is 2.11. The van der Waals surface area contributed by atoms with Crippen LogP contribution in [-0.4, -0.2) is 0 Å². The van der Waals surface area contributed by atoms with E-state index in [0.717, 1.165) is 17.8 Å². The molecule has 4 bridgehead atoms. The van der Waals surface area contributed by atoms with Crippen molar-refractivity contribution >= 4 is 0 Å². The monoisotopic (exact) mass is 290 g/mol. The predicted octanol–water partition coefficient (Wildman–Crippen LogP) is 4.65. The van der Waals surface area contributed by atoms with Gasteiger partial charge in [0.25, 0.3) is 0 Å². The molecule has 1 unspecified atom stereocenters. The average molecular weight is 290 g/mol. The fourth-order valence-corrected chi connectivity index (χ4v) is 6.30. The molecule has 22 heavy (non-hydrogen) atoms. The summed E-state index contributed by atoms with van der Waals surface area (Å²) < 4.78 is 0. The molecule has 1 atom stereocenters. The van der Waals surface area contributed by atoms with Gasteiger partial charge in [-0.15, -0.1) is 0 Å². The summed E-state index contributed by atoms with van der Waals surface area (Å²) in [5, 5.41) is 19.2. The number of nitriles is 2. The molecule has 4 aliphatic carbocycles. The lowest BCUT2D eigenvalue weighted by Gasteiger charge is -2.60. The van der Waals surface area contributed by atoms with Gasteiger partial charge >= 0.3 is 0 Å². The van der Waals surface area contributed by atoms with Crippen molar-refractivity contribution in [2.24, 2.45) is 29.1 Å². The zero-order chi connectivity index (χ0) is 15.2. The Hall–Kier alpha value is -1.80. The second kappa shape index (κ2) is 5.13. The van der Waals surface area contributed by atoms with Gasteiger partial charge in [0.2, 0.25) is 0 Å². The van der Waals surface area contributed by atoms with Crippen molar-refractivity contribution in [3.8, 4) is 12.1 Å². The molecule has 1 aromatic carbocycles. The van der Waals surface area contributed by atoms with Gasteiger partial charge in [-0.05, 0) is 67.3 Å². The molecule has 0 radical (unpaired) electrons. The minimum absolute atomic E-state index is 0.0945. The summed E-state index contributed by atoms with van der Waals surface area (Å²) in [5.41, 5.74) is 1.41. The third-order valence-electron chi connectivity index (χ3n) is 6.52. The molecule has 4 fully saturated rings. The Labute approximate surface area is 132 Å². The maximum absolute atomic E-state index is 9.59. The molecule has 1 aromatic rings. The van der Waals surface area contributed by atoms with Gasteiger partial charge in [0.15, 0.2) is 0 Å². The molecule has 4 aliphatic rings. The Morgan fingerprint density at radius 3 is 1.82 bits per heavy atom. The first kappa shape index (κ1) is 13.8. The Kier molecular flexibility index (Phi) is 3.23. The van der Waals surface area contributed by atoms with Gasteiger partial charge in [0.05, 0.1) is 12.1 Å². The molecule has 0 aliphatic heterocycles. The maximum Gasteiger partial charge on any atom is 0.140 e. The van der Waals surface area contributed by atoms with E-state index in [1.807, 2.05) is 6.07 Å². The minimum Gasteiger partial charge on any atom is -0.197 e. The molecular weight excluding hydrogens is 268 g/mol. The Morgan fingerprint density at radius 2 is 1.36 bits per heavy atom. The van der Waals surface area contributed by atoms with E-state index in [9.17, 15) is 10.5 Å². The maximum atomic E-state index is 9.59. The summed E-state index contributed by atoms with van der Waals surface area (Å²) in [6.07, 6.45) is 7.88. The van der Waals surface area contributed by atoms with E-state index in [1.165, 1.54) is 44.1 Å². The highest BCUT2D eigenvalue weighted by Crippen LogP contribution is 2.65. The molecule has 0 saturated heterocycles. The largest absolute Gasteiger partial charge is 0.197 e. The van der Waals surface area contributed by atoms with Crippen molar-refractivity contribution in [2.45, 2.75) is 44.4 Å². The van der Waals surface area contributed by atoms with E-state index >= 15 is 0 Å². The molecule has 0 heterocycles. The van der Waals surface area contributed by atoms with Crippen LogP contribution >= 0.6 is 0 Å². The Balaban J connectivity index is 1.78. The number of nitrogens with zero attached hydrogens (tertiary/aromatic N) is 2. The molecular formula is C20H22N2. The summed E-state index contributed by atoms with van der Waals surface area (Å²) in [6, 6.07) is 15.0. The van der Waals surface area contributed by atoms with Gasteiger partial charge in [0.1, 0.15) is 5.92 Å². The van der Waals surface area contributed by atoms with Crippen LogP contribution in [0.15, 0.2) is 30.3 Å². The van der Waals surface area contributed by atoms with Crippen molar-refractivity contribution in [2.75, 3.05) is 0 Å². The second-order valence-corrected chi connectivity index (χ2v) is 7.90. The lowest BCUT2D eigenvalue weighted by molar-refractivity contribution is -0.0722. The standard InChI is InChI=1S/C20H22N2/c21-12-18(13-22)19(17-4-2-1-3-5-17)20-9-14-6-15(10-20)8-16(7-14)11-20/h1-5,14-16,18-19H,6-11H2. The molecule has 0 aromatic heterocycles. The number of hydrogen-bond donors (Lipinski definition) is 0. The smallest absolute Gasteiger partial charge is 0.140 e. The van der Waals surface area contributed by atoms with Gasteiger partial charge in [-0.25, -0.2) is 0 Å². The molecule has 5 rings (SSSR count). The lowest BCUT2D eigenvalue weighted by atomic mass is 9.44. The molecule has 4 saturated carbocycles. The number of benzene rings is 1. The predicted molar refractivity (Wildman–Crippen MR) is 84.5 cm³/mol. The highest BCUT2D eigenvalue weighted by molar-refractivity contribution is 5.29. The first-order chi connectivity index (χ1) is 10.7. The summed E-state index contributed by atoms with van der Waals surface area (Å²) >= 11 is 0. The van der Waals surface area contributed by atoms with E-state index < -0.39 is 5.92 Å². The zero-order valence-electron chi connectivity index (χ0n) is 12.9. The zero-order valence-corrected chi connectivity index (χ0v) is 12.9. The molecule has 0 spiro atoms. The van der Waals surface area contributed by atoms with Crippen LogP contribution in [0.1, 0.15) is 50.0 Å².